The van der Waals surface area contributed by atoms with Gasteiger partial charge in [0.2, 0.25) is 5.91 Å². The number of amides is 1. The van der Waals surface area contributed by atoms with E-state index in [4.69, 9.17) is 11.6 Å². The van der Waals surface area contributed by atoms with Crippen molar-refractivity contribution in [2.75, 3.05) is 20.6 Å². The van der Waals surface area contributed by atoms with E-state index < -0.39 is 0 Å². The van der Waals surface area contributed by atoms with Crippen LogP contribution in [-0.2, 0) is 11.3 Å². The van der Waals surface area contributed by atoms with Gasteiger partial charge in [0.15, 0.2) is 0 Å². The first-order valence-electron chi connectivity index (χ1n) is 5.75. The fourth-order valence-electron chi connectivity index (χ4n) is 1.47. The molecule has 1 amide bonds. The second-order valence-electron chi connectivity index (χ2n) is 4.20. The Hall–Kier alpha value is -1.06. The van der Waals surface area contributed by atoms with Gasteiger partial charge in [-0.05, 0) is 30.7 Å². The number of benzene rings is 1. The SMILES string of the molecule is CN(C)C(=O)CCCNCc1cccc(Cl)c1. The summed E-state index contributed by atoms with van der Waals surface area (Å²) in [4.78, 5) is 12.9. The molecule has 0 atom stereocenters. The van der Waals surface area contributed by atoms with Crippen LogP contribution < -0.4 is 5.32 Å². The summed E-state index contributed by atoms with van der Waals surface area (Å²) in [6.45, 7) is 1.63. The Morgan fingerprint density at radius 2 is 2.18 bits per heavy atom. The Morgan fingerprint density at radius 1 is 1.41 bits per heavy atom. The van der Waals surface area contributed by atoms with Crippen molar-refractivity contribution >= 4 is 17.5 Å². The molecule has 17 heavy (non-hydrogen) atoms. The van der Waals surface area contributed by atoms with Crippen LogP contribution in [0.25, 0.3) is 0 Å². The van der Waals surface area contributed by atoms with Crippen molar-refractivity contribution in [2.45, 2.75) is 19.4 Å². The quantitative estimate of drug-likeness (QED) is 0.790. The van der Waals surface area contributed by atoms with Crippen LogP contribution in [0.1, 0.15) is 18.4 Å². The minimum absolute atomic E-state index is 0.176. The van der Waals surface area contributed by atoms with Gasteiger partial charge in [0.05, 0.1) is 0 Å². The summed E-state index contributed by atoms with van der Waals surface area (Å²) in [6, 6.07) is 7.78. The summed E-state index contributed by atoms with van der Waals surface area (Å²) in [7, 11) is 3.56. The summed E-state index contributed by atoms with van der Waals surface area (Å²) in [6.07, 6.45) is 1.45. The first-order chi connectivity index (χ1) is 8.09. The van der Waals surface area contributed by atoms with Crippen molar-refractivity contribution in [1.82, 2.24) is 10.2 Å². The van der Waals surface area contributed by atoms with Gasteiger partial charge in [0.1, 0.15) is 0 Å². The van der Waals surface area contributed by atoms with Crippen molar-refractivity contribution in [3.63, 3.8) is 0 Å². The third-order valence-corrected chi connectivity index (χ3v) is 2.70. The summed E-state index contributed by atoms with van der Waals surface area (Å²) in [5, 5.41) is 4.05. The third-order valence-electron chi connectivity index (χ3n) is 2.46. The second kappa shape index (κ2) is 7.30. The number of carbonyl (C=O) groups excluding carboxylic acids is 1. The summed E-state index contributed by atoms with van der Waals surface area (Å²) >= 11 is 5.88. The molecule has 0 heterocycles. The summed E-state index contributed by atoms with van der Waals surface area (Å²) in [5.41, 5.74) is 1.16. The minimum Gasteiger partial charge on any atom is -0.349 e. The Balaban J connectivity index is 2.14. The van der Waals surface area contributed by atoms with Crippen LogP contribution in [0.3, 0.4) is 0 Å². The standard InChI is InChI=1S/C13H19ClN2O/c1-16(2)13(17)7-4-8-15-10-11-5-3-6-12(14)9-11/h3,5-6,9,15H,4,7-8,10H2,1-2H3. The fourth-order valence-corrected chi connectivity index (χ4v) is 1.68. The topological polar surface area (TPSA) is 32.3 Å². The number of hydrogen-bond donors (Lipinski definition) is 1. The van der Waals surface area contributed by atoms with Crippen LogP contribution in [0.4, 0.5) is 0 Å². The molecule has 4 heteroatoms. The van der Waals surface area contributed by atoms with Crippen LogP contribution >= 0.6 is 11.6 Å². The maximum absolute atomic E-state index is 11.3. The Labute approximate surface area is 108 Å². The molecule has 0 radical (unpaired) electrons. The number of hydrogen-bond acceptors (Lipinski definition) is 2. The van der Waals surface area contributed by atoms with Crippen molar-refractivity contribution < 1.29 is 4.79 Å². The number of nitrogens with zero attached hydrogens (tertiary/aromatic N) is 1. The van der Waals surface area contributed by atoms with Gasteiger partial charge in [0, 0.05) is 32.1 Å². The van der Waals surface area contributed by atoms with Gasteiger partial charge in [-0.3, -0.25) is 4.79 Å². The molecule has 0 aromatic heterocycles. The molecule has 0 fully saturated rings. The van der Waals surface area contributed by atoms with Gasteiger partial charge in [-0.25, -0.2) is 0 Å². The van der Waals surface area contributed by atoms with E-state index in [2.05, 4.69) is 5.32 Å². The summed E-state index contributed by atoms with van der Waals surface area (Å²) in [5.74, 6) is 0.176. The Kier molecular flexibility index (Phi) is 6.01. The molecule has 0 aliphatic heterocycles. The van der Waals surface area contributed by atoms with Crippen LogP contribution in [-0.4, -0.2) is 31.4 Å². The molecule has 1 aromatic rings. The van der Waals surface area contributed by atoms with Crippen LogP contribution in [0.15, 0.2) is 24.3 Å². The summed E-state index contributed by atoms with van der Waals surface area (Å²) < 4.78 is 0. The highest BCUT2D eigenvalue weighted by molar-refractivity contribution is 6.30. The molecule has 0 aliphatic rings. The van der Waals surface area contributed by atoms with E-state index in [1.807, 2.05) is 24.3 Å². The van der Waals surface area contributed by atoms with Gasteiger partial charge < -0.3 is 10.2 Å². The van der Waals surface area contributed by atoms with E-state index in [1.54, 1.807) is 19.0 Å². The van der Waals surface area contributed by atoms with Gasteiger partial charge >= 0.3 is 0 Å². The number of nitrogens with one attached hydrogen (secondary N) is 1. The lowest BCUT2D eigenvalue weighted by atomic mass is 10.2. The van der Waals surface area contributed by atoms with Gasteiger partial charge in [-0.2, -0.15) is 0 Å². The zero-order valence-electron chi connectivity index (χ0n) is 10.4. The maximum Gasteiger partial charge on any atom is 0.222 e. The van der Waals surface area contributed by atoms with Crippen molar-refractivity contribution in [1.29, 1.82) is 0 Å². The first-order valence-corrected chi connectivity index (χ1v) is 6.12. The maximum atomic E-state index is 11.3. The number of halogens is 1. The molecule has 1 N–H and O–H groups in total. The third kappa shape index (κ3) is 5.71. The molecule has 0 unspecified atom stereocenters. The van der Waals surface area contributed by atoms with E-state index >= 15 is 0 Å². The molecule has 0 spiro atoms. The monoisotopic (exact) mass is 254 g/mol. The molecule has 0 aliphatic carbocycles. The number of rotatable bonds is 6. The lowest BCUT2D eigenvalue weighted by molar-refractivity contribution is -0.128. The molecule has 1 aromatic carbocycles. The zero-order valence-corrected chi connectivity index (χ0v) is 11.1. The van der Waals surface area contributed by atoms with Crippen molar-refractivity contribution in [3.8, 4) is 0 Å². The Morgan fingerprint density at radius 3 is 2.82 bits per heavy atom. The number of carbonyl (C=O) groups is 1. The van der Waals surface area contributed by atoms with Crippen LogP contribution in [0.5, 0.6) is 0 Å². The average molecular weight is 255 g/mol. The Bertz CT molecular complexity index is 366. The zero-order chi connectivity index (χ0) is 12.7. The van der Waals surface area contributed by atoms with E-state index in [0.717, 1.165) is 30.1 Å². The lowest BCUT2D eigenvalue weighted by Gasteiger charge is -2.10. The highest BCUT2D eigenvalue weighted by atomic mass is 35.5. The second-order valence-corrected chi connectivity index (χ2v) is 4.63. The highest BCUT2D eigenvalue weighted by Crippen LogP contribution is 2.10. The largest absolute Gasteiger partial charge is 0.349 e. The van der Waals surface area contributed by atoms with Crippen LogP contribution in [0.2, 0.25) is 5.02 Å². The molecular formula is C13H19ClN2O. The molecule has 1 rings (SSSR count). The molecule has 0 saturated heterocycles. The predicted octanol–water partition coefficient (Wildman–Crippen LogP) is 2.30. The molecule has 0 saturated carbocycles. The van der Waals surface area contributed by atoms with E-state index in [1.165, 1.54) is 0 Å². The molecular weight excluding hydrogens is 236 g/mol. The molecule has 3 nitrogen and oxygen atoms in total. The smallest absolute Gasteiger partial charge is 0.222 e. The van der Waals surface area contributed by atoms with Gasteiger partial charge in [0.25, 0.3) is 0 Å². The first kappa shape index (κ1) is 14.0. The average Bonchev–Trinajstić information content (AvgIpc) is 2.28. The van der Waals surface area contributed by atoms with Crippen molar-refractivity contribution in [3.05, 3.63) is 34.9 Å². The predicted molar refractivity (Wildman–Crippen MR) is 71.1 cm³/mol. The normalized spacial score (nSPS) is 10.3. The van der Waals surface area contributed by atoms with Crippen LogP contribution in [0, 0.1) is 0 Å². The minimum atomic E-state index is 0.176. The molecule has 0 bridgehead atoms. The van der Waals surface area contributed by atoms with Crippen molar-refractivity contribution in [2.24, 2.45) is 0 Å². The van der Waals surface area contributed by atoms with E-state index in [-0.39, 0.29) is 5.91 Å². The van der Waals surface area contributed by atoms with E-state index in [9.17, 15) is 4.79 Å². The van der Waals surface area contributed by atoms with E-state index in [0.29, 0.717) is 6.42 Å². The fraction of sp³-hybridized carbons (Fsp3) is 0.462. The lowest BCUT2D eigenvalue weighted by Crippen LogP contribution is -2.23. The molecule has 94 valence electrons. The highest BCUT2D eigenvalue weighted by Gasteiger charge is 2.02. The van der Waals surface area contributed by atoms with Gasteiger partial charge in [-0.15, -0.1) is 0 Å². The van der Waals surface area contributed by atoms with Gasteiger partial charge in [-0.1, -0.05) is 23.7 Å².